The maximum Gasteiger partial charge on any atom is 0.258 e. The molecule has 0 fully saturated rings. The number of para-hydroxylation sites is 3. The lowest BCUT2D eigenvalue weighted by Gasteiger charge is -2.14. The second-order valence-electron chi connectivity index (χ2n) is 8.75. The van der Waals surface area contributed by atoms with Crippen molar-refractivity contribution in [2.45, 2.75) is 62.3 Å². The third kappa shape index (κ3) is 10.7. The van der Waals surface area contributed by atoms with Gasteiger partial charge in [-0.1, -0.05) is 89.5 Å². The zero-order valence-corrected chi connectivity index (χ0v) is 28.7. The van der Waals surface area contributed by atoms with E-state index < -0.39 is 0 Å². The maximum atomic E-state index is 11.3. The van der Waals surface area contributed by atoms with E-state index in [4.69, 9.17) is 11.6 Å². The summed E-state index contributed by atoms with van der Waals surface area (Å²) in [6, 6.07) is 23.1. The summed E-state index contributed by atoms with van der Waals surface area (Å²) >= 11 is 5.91. The zero-order valence-electron chi connectivity index (χ0n) is 27.9. The molecule has 0 bridgehead atoms. The Morgan fingerprint density at radius 2 is 0.977 bits per heavy atom. The fourth-order valence-corrected chi connectivity index (χ4v) is 4.15. The van der Waals surface area contributed by atoms with Gasteiger partial charge in [-0.15, -0.1) is 0 Å². The Balaban J connectivity index is 0.000000304. The van der Waals surface area contributed by atoms with Crippen LogP contribution in [-0.2, 0) is 0 Å². The first-order chi connectivity index (χ1) is 21.2. The molecule has 9 heteroatoms. The molecule has 0 aliphatic carbocycles. The molecular formula is C35H46ClN7O. The Kier molecular flexibility index (Phi) is 16.8. The van der Waals surface area contributed by atoms with Crippen molar-refractivity contribution < 1.29 is 0 Å². The highest BCUT2D eigenvalue weighted by atomic mass is 35.5. The standard InChI is InChI=1S/C11H13N3.C9H7ClN2.C9H8N2O.3C2H6/c1-8-12-10-7-5-4-6-9(10)11(13-8)14(2)3;1-6-11-8-5-3-2-4-7(8)9(10)12-6;1-6-10-8-5-3-2-4-7(8)9(12)11-6;3*1-2/h4-7H,1-3H3;2-5H,1H3;2-5H,1H3,(H,10,11,12);3*1-2H3. The van der Waals surface area contributed by atoms with Crippen molar-refractivity contribution in [1.29, 1.82) is 0 Å². The minimum absolute atomic E-state index is 0.0712. The fraction of sp³-hybridized carbons (Fsp3) is 0.314. The number of hydrogen-bond donors (Lipinski definition) is 1. The minimum Gasteiger partial charge on any atom is -0.362 e. The highest BCUT2D eigenvalue weighted by Gasteiger charge is 2.06. The second-order valence-corrected chi connectivity index (χ2v) is 9.11. The van der Waals surface area contributed by atoms with Crippen LogP contribution in [0, 0.1) is 20.8 Å². The van der Waals surface area contributed by atoms with Crippen molar-refractivity contribution in [2.24, 2.45) is 0 Å². The minimum atomic E-state index is -0.0712. The number of aromatic amines is 1. The molecule has 3 heterocycles. The Bertz CT molecular complexity index is 1790. The summed E-state index contributed by atoms with van der Waals surface area (Å²) < 4.78 is 0. The van der Waals surface area contributed by atoms with Crippen molar-refractivity contribution in [2.75, 3.05) is 19.0 Å². The molecule has 0 atom stereocenters. The van der Waals surface area contributed by atoms with E-state index >= 15 is 0 Å². The van der Waals surface area contributed by atoms with Crippen molar-refractivity contribution in [3.8, 4) is 0 Å². The summed E-state index contributed by atoms with van der Waals surface area (Å²) in [7, 11) is 3.99. The summed E-state index contributed by atoms with van der Waals surface area (Å²) in [6.45, 7) is 17.5. The summed E-state index contributed by atoms with van der Waals surface area (Å²) in [5.41, 5.74) is 2.58. The van der Waals surface area contributed by atoms with Crippen LogP contribution < -0.4 is 10.5 Å². The van der Waals surface area contributed by atoms with Crippen molar-refractivity contribution in [3.63, 3.8) is 0 Å². The van der Waals surface area contributed by atoms with Crippen molar-refractivity contribution >= 4 is 50.1 Å². The lowest BCUT2D eigenvalue weighted by atomic mass is 10.2. The molecule has 0 spiro atoms. The lowest BCUT2D eigenvalue weighted by Crippen LogP contribution is -2.12. The maximum absolute atomic E-state index is 11.3. The van der Waals surface area contributed by atoms with E-state index in [1.165, 1.54) is 0 Å². The Morgan fingerprint density at radius 1 is 0.568 bits per heavy atom. The van der Waals surface area contributed by atoms with Crippen LogP contribution in [0.2, 0.25) is 5.15 Å². The van der Waals surface area contributed by atoms with Crippen LogP contribution in [0.5, 0.6) is 0 Å². The van der Waals surface area contributed by atoms with Gasteiger partial charge in [-0.2, -0.15) is 0 Å². The molecule has 0 unspecified atom stereocenters. The summed E-state index contributed by atoms with van der Waals surface area (Å²) in [5.74, 6) is 3.15. The van der Waals surface area contributed by atoms with Gasteiger partial charge in [0.05, 0.1) is 21.9 Å². The number of anilines is 1. The first-order valence-corrected chi connectivity index (χ1v) is 15.4. The number of rotatable bonds is 1. The first-order valence-electron chi connectivity index (χ1n) is 15.0. The Labute approximate surface area is 266 Å². The average molecular weight is 616 g/mol. The molecule has 6 aromatic rings. The van der Waals surface area contributed by atoms with Crippen LogP contribution in [0.3, 0.4) is 0 Å². The number of aromatic nitrogens is 6. The van der Waals surface area contributed by atoms with E-state index in [1.54, 1.807) is 13.0 Å². The molecular weight excluding hydrogens is 570 g/mol. The van der Waals surface area contributed by atoms with Gasteiger partial charge in [-0.05, 0) is 57.2 Å². The molecule has 44 heavy (non-hydrogen) atoms. The van der Waals surface area contributed by atoms with Gasteiger partial charge in [-0.3, -0.25) is 4.79 Å². The van der Waals surface area contributed by atoms with E-state index in [0.717, 1.165) is 39.0 Å². The van der Waals surface area contributed by atoms with Gasteiger partial charge in [0.1, 0.15) is 28.4 Å². The molecule has 3 aromatic carbocycles. The summed E-state index contributed by atoms with van der Waals surface area (Å²) in [4.78, 5) is 37.2. The molecule has 0 aliphatic rings. The van der Waals surface area contributed by atoms with E-state index in [2.05, 4.69) is 29.9 Å². The van der Waals surface area contributed by atoms with Crippen molar-refractivity contribution in [1.82, 2.24) is 29.9 Å². The summed E-state index contributed by atoms with van der Waals surface area (Å²) in [5, 5.41) is 3.18. The monoisotopic (exact) mass is 615 g/mol. The fourth-order valence-electron chi connectivity index (χ4n) is 3.86. The molecule has 1 N–H and O–H groups in total. The van der Waals surface area contributed by atoms with Crippen LogP contribution in [0.15, 0.2) is 77.6 Å². The number of H-pyrrole nitrogens is 1. The van der Waals surface area contributed by atoms with Crippen LogP contribution in [-0.4, -0.2) is 44.0 Å². The lowest BCUT2D eigenvalue weighted by molar-refractivity contribution is 1.02. The largest absolute Gasteiger partial charge is 0.362 e. The van der Waals surface area contributed by atoms with Gasteiger partial charge in [0, 0.05) is 24.9 Å². The van der Waals surface area contributed by atoms with Gasteiger partial charge in [-0.25, -0.2) is 24.9 Å². The number of benzene rings is 3. The molecule has 8 nitrogen and oxygen atoms in total. The quantitative estimate of drug-likeness (QED) is 0.184. The molecule has 0 amide bonds. The molecule has 0 radical (unpaired) electrons. The number of nitrogens with one attached hydrogen (secondary N) is 1. The van der Waals surface area contributed by atoms with Crippen LogP contribution in [0.4, 0.5) is 5.82 Å². The molecule has 234 valence electrons. The smallest absolute Gasteiger partial charge is 0.258 e. The number of nitrogens with zero attached hydrogens (tertiary/aromatic N) is 6. The average Bonchev–Trinajstić information content (AvgIpc) is 3.04. The number of fused-ring (bicyclic) bond motifs is 3. The van der Waals surface area contributed by atoms with Crippen LogP contribution >= 0.6 is 11.6 Å². The van der Waals surface area contributed by atoms with Gasteiger partial charge in [0.2, 0.25) is 0 Å². The molecule has 0 saturated carbocycles. The molecule has 3 aromatic heterocycles. The number of hydrogen-bond acceptors (Lipinski definition) is 7. The Morgan fingerprint density at radius 3 is 1.50 bits per heavy atom. The van der Waals surface area contributed by atoms with Crippen LogP contribution in [0.1, 0.15) is 59.0 Å². The SMILES string of the molecule is CC.CC.CC.Cc1nc(Cl)c2ccccc2n1.Cc1nc(N(C)C)c2ccccc2n1.Cc1nc2ccccc2c(=O)[nH]1. The van der Waals surface area contributed by atoms with Crippen molar-refractivity contribution in [3.05, 3.63) is 106 Å². The molecule has 0 aliphatic heterocycles. The van der Waals surface area contributed by atoms with E-state index in [-0.39, 0.29) is 5.56 Å². The predicted octanol–water partition coefficient (Wildman–Crippen LogP) is 8.91. The van der Waals surface area contributed by atoms with Gasteiger partial charge < -0.3 is 9.88 Å². The second kappa shape index (κ2) is 19.7. The topological polar surface area (TPSA) is 101 Å². The predicted molar refractivity (Wildman–Crippen MR) is 189 cm³/mol. The van der Waals surface area contributed by atoms with E-state index in [0.29, 0.717) is 22.2 Å². The van der Waals surface area contributed by atoms with Crippen LogP contribution in [0.25, 0.3) is 32.7 Å². The normalized spacial score (nSPS) is 9.45. The number of aryl methyl sites for hydroxylation is 3. The van der Waals surface area contributed by atoms with E-state index in [1.807, 2.05) is 141 Å². The highest BCUT2D eigenvalue weighted by Crippen LogP contribution is 2.21. The third-order valence-corrected chi connectivity index (χ3v) is 5.81. The highest BCUT2D eigenvalue weighted by molar-refractivity contribution is 6.34. The van der Waals surface area contributed by atoms with E-state index in [9.17, 15) is 4.79 Å². The summed E-state index contributed by atoms with van der Waals surface area (Å²) in [6.07, 6.45) is 0. The Hall–Kier alpha value is -4.43. The number of halogens is 1. The van der Waals surface area contributed by atoms with Gasteiger partial charge in [0.25, 0.3) is 5.56 Å². The third-order valence-electron chi connectivity index (χ3n) is 5.52. The molecule has 6 rings (SSSR count). The van der Waals surface area contributed by atoms with Gasteiger partial charge >= 0.3 is 0 Å². The zero-order chi connectivity index (χ0) is 33.2. The first kappa shape index (κ1) is 37.6. The van der Waals surface area contributed by atoms with Gasteiger partial charge in [0.15, 0.2) is 0 Å². The molecule has 0 saturated heterocycles.